The Labute approximate surface area is 132 Å². The molecule has 1 atom stereocenters. The molecule has 0 aliphatic carbocycles. The number of ether oxygens (including phenoxy) is 1. The third-order valence-corrected chi connectivity index (χ3v) is 3.53. The molecule has 122 valence electrons. The third-order valence-electron chi connectivity index (χ3n) is 3.53. The normalized spacial score (nSPS) is 19.2. The van der Waals surface area contributed by atoms with Crippen molar-refractivity contribution >= 4 is 6.09 Å². The van der Waals surface area contributed by atoms with E-state index in [1.807, 2.05) is 40.1 Å². The second kappa shape index (κ2) is 7.05. The van der Waals surface area contributed by atoms with Gasteiger partial charge in [-0.3, -0.25) is 4.90 Å². The Kier molecular flexibility index (Phi) is 5.34. The van der Waals surface area contributed by atoms with Crippen LogP contribution in [0.5, 0.6) is 0 Å². The van der Waals surface area contributed by atoms with Crippen molar-refractivity contribution in [3.05, 3.63) is 23.8 Å². The summed E-state index contributed by atoms with van der Waals surface area (Å²) in [6.07, 6.45) is 5.55. The molecule has 1 fully saturated rings. The van der Waals surface area contributed by atoms with Gasteiger partial charge in [-0.25, -0.2) is 14.8 Å². The Bertz CT molecular complexity index is 496. The molecule has 0 radical (unpaired) electrons. The quantitative estimate of drug-likeness (QED) is 0.925. The van der Waals surface area contributed by atoms with Gasteiger partial charge in [0.1, 0.15) is 11.4 Å². The maximum atomic E-state index is 11.6. The van der Waals surface area contributed by atoms with Crippen molar-refractivity contribution in [1.29, 1.82) is 0 Å². The van der Waals surface area contributed by atoms with Gasteiger partial charge in [-0.05, 0) is 52.6 Å². The fourth-order valence-corrected chi connectivity index (χ4v) is 2.58. The van der Waals surface area contributed by atoms with Gasteiger partial charge in [-0.15, -0.1) is 0 Å². The summed E-state index contributed by atoms with van der Waals surface area (Å²) in [7, 11) is 0. The second-order valence-corrected chi connectivity index (χ2v) is 6.74. The topological polar surface area (TPSA) is 67.4 Å². The first-order valence-corrected chi connectivity index (χ1v) is 7.84. The maximum absolute atomic E-state index is 11.6. The minimum atomic E-state index is -0.462. The molecule has 1 aliphatic rings. The SMILES string of the molecule is Cc1cnc(C2CCCN2CCNC(=O)OC(C)(C)C)nc1. The van der Waals surface area contributed by atoms with Crippen LogP contribution in [0.15, 0.2) is 12.4 Å². The van der Waals surface area contributed by atoms with E-state index in [0.717, 1.165) is 37.3 Å². The molecule has 2 heterocycles. The van der Waals surface area contributed by atoms with E-state index < -0.39 is 5.60 Å². The number of nitrogens with zero attached hydrogens (tertiary/aromatic N) is 3. The highest BCUT2D eigenvalue weighted by atomic mass is 16.6. The molecule has 0 aromatic carbocycles. The van der Waals surface area contributed by atoms with Crippen LogP contribution in [0.25, 0.3) is 0 Å². The lowest BCUT2D eigenvalue weighted by Gasteiger charge is -2.24. The number of amides is 1. The molecule has 6 heteroatoms. The van der Waals surface area contributed by atoms with Crippen molar-refractivity contribution in [1.82, 2.24) is 20.2 Å². The van der Waals surface area contributed by atoms with Gasteiger partial charge in [0.2, 0.25) is 0 Å². The number of alkyl carbamates (subject to hydrolysis) is 1. The van der Waals surface area contributed by atoms with Crippen LogP contribution in [0.1, 0.15) is 51.0 Å². The number of aromatic nitrogens is 2. The van der Waals surface area contributed by atoms with Gasteiger partial charge < -0.3 is 10.1 Å². The molecule has 6 nitrogen and oxygen atoms in total. The van der Waals surface area contributed by atoms with Crippen LogP contribution >= 0.6 is 0 Å². The fraction of sp³-hybridized carbons (Fsp3) is 0.688. The Morgan fingerprint density at radius 3 is 2.73 bits per heavy atom. The summed E-state index contributed by atoms with van der Waals surface area (Å²) in [6, 6.07) is 0.251. The van der Waals surface area contributed by atoms with Crippen LogP contribution < -0.4 is 5.32 Å². The van der Waals surface area contributed by atoms with Crippen LogP contribution in [-0.2, 0) is 4.74 Å². The Hall–Kier alpha value is -1.69. The zero-order chi connectivity index (χ0) is 16.2. The summed E-state index contributed by atoms with van der Waals surface area (Å²) in [6.45, 7) is 9.92. The molecule has 2 rings (SSSR count). The lowest BCUT2D eigenvalue weighted by molar-refractivity contribution is 0.0521. The maximum Gasteiger partial charge on any atom is 0.407 e. The highest BCUT2D eigenvalue weighted by molar-refractivity contribution is 5.67. The molecule has 1 N–H and O–H groups in total. The Morgan fingerprint density at radius 2 is 2.09 bits per heavy atom. The number of carbonyl (C=O) groups is 1. The number of likely N-dealkylation sites (tertiary alicyclic amines) is 1. The molecule has 1 saturated heterocycles. The lowest BCUT2D eigenvalue weighted by atomic mass is 10.2. The Morgan fingerprint density at radius 1 is 1.41 bits per heavy atom. The van der Waals surface area contributed by atoms with Gasteiger partial charge in [0, 0.05) is 25.5 Å². The summed E-state index contributed by atoms with van der Waals surface area (Å²) >= 11 is 0. The van der Waals surface area contributed by atoms with Crippen molar-refractivity contribution in [2.75, 3.05) is 19.6 Å². The first-order valence-electron chi connectivity index (χ1n) is 7.84. The van der Waals surface area contributed by atoms with Crippen molar-refractivity contribution in [3.8, 4) is 0 Å². The molecular weight excluding hydrogens is 280 g/mol. The van der Waals surface area contributed by atoms with E-state index in [1.54, 1.807) is 0 Å². The zero-order valence-electron chi connectivity index (χ0n) is 13.9. The lowest BCUT2D eigenvalue weighted by Crippen LogP contribution is -2.38. The number of aryl methyl sites for hydroxylation is 1. The molecule has 0 bridgehead atoms. The minimum absolute atomic E-state index is 0.251. The predicted molar refractivity (Wildman–Crippen MR) is 84.6 cm³/mol. The molecule has 1 aromatic heterocycles. The molecule has 1 aliphatic heterocycles. The van der Waals surface area contributed by atoms with Gasteiger partial charge >= 0.3 is 6.09 Å². The number of rotatable bonds is 4. The molecule has 22 heavy (non-hydrogen) atoms. The fourth-order valence-electron chi connectivity index (χ4n) is 2.58. The van der Waals surface area contributed by atoms with E-state index in [-0.39, 0.29) is 12.1 Å². The monoisotopic (exact) mass is 306 g/mol. The average Bonchev–Trinajstić information content (AvgIpc) is 2.86. The van der Waals surface area contributed by atoms with Gasteiger partial charge in [-0.1, -0.05) is 0 Å². The molecule has 1 aromatic rings. The van der Waals surface area contributed by atoms with Crippen LogP contribution in [-0.4, -0.2) is 46.2 Å². The zero-order valence-corrected chi connectivity index (χ0v) is 13.9. The van der Waals surface area contributed by atoms with Crippen molar-refractivity contribution in [2.24, 2.45) is 0 Å². The molecular formula is C16H26N4O2. The van der Waals surface area contributed by atoms with E-state index in [9.17, 15) is 4.79 Å². The highest BCUT2D eigenvalue weighted by Crippen LogP contribution is 2.28. The van der Waals surface area contributed by atoms with E-state index >= 15 is 0 Å². The van der Waals surface area contributed by atoms with Crippen LogP contribution in [0.4, 0.5) is 4.79 Å². The van der Waals surface area contributed by atoms with E-state index in [0.29, 0.717) is 6.54 Å². The van der Waals surface area contributed by atoms with E-state index in [4.69, 9.17) is 4.74 Å². The van der Waals surface area contributed by atoms with E-state index in [1.165, 1.54) is 0 Å². The first kappa shape index (κ1) is 16.7. The first-order chi connectivity index (χ1) is 10.3. The number of carbonyl (C=O) groups excluding carboxylic acids is 1. The standard InChI is InChI=1S/C16H26N4O2/c1-12-10-18-14(19-11-12)13-6-5-8-20(13)9-7-17-15(21)22-16(2,3)4/h10-11,13H,5-9H2,1-4H3,(H,17,21). The highest BCUT2D eigenvalue weighted by Gasteiger charge is 2.27. The molecule has 1 amide bonds. The summed E-state index contributed by atoms with van der Waals surface area (Å²) in [4.78, 5) is 22.8. The van der Waals surface area contributed by atoms with Crippen molar-refractivity contribution in [2.45, 2.75) is 52.2 Å². The molecule has 0 spiro atoms. The predicted octanol–water partition coefficient (Wildman–Crippen LogP) is 2.45. The van der Waals surface area contributed by atoms with Gasteiger partial charge in [-0.2, -0.15) is 0 Å². The largest absolute Gasteiger partial charge is 0.444 e. The average molecular weight is 306 g/mol. The number of nitrogens with one attached hydrogen (secondary N) is 1. The van der Waals surface area contributed by atoms with Crippen molar-refractivity contribution in [3.63, 3.8) is 0 Å². The van der Waals surface area contributed by atoms with Crippen LogP contribution in [0.3, 0.4) is 0 Å². The summed E-state index contributed by atoms with van der Waals surface area (Å²) in [5.41, 5.74) is 0.607. The molecule has 1 unspecified atom stereocenters. The smallest absolute Gasteiger partial charge is 0.407 e. The van der Waals surface area contributed by atoms with Crippen LogP contribution in [0, 0.1) is 6.92 Å². The Balaban J connectivity index is 1.82. The van der Waals surface area contributed by atoms with E-state index in [2.05, 4.69) is 20.2 Å². The summed E-state index contributed by atoms with van der Waals surface area (Å²) < 4.78 is 5.23. The summed E-state index contributed by atoms with van der Waals surface area (Å²) in [5.74, 6) is 0.875. The van der Waals surface area contributed by atoms with Gasteiger partial charge in [0.05, 0.1) is 6.04 Å². The van der Waals surface area contributed by atoms with Crippen LogP contribution in [0.2, 0.25) is 0 Å². The van der Waals surface area contributed by atoms with Crippen molar-refractivity contribution < 1.29 is 9.53 Å². The number of hydrogen-bond donors (Lipinski definition) is 1. The van der Waals surface area contributed by atoms with Gasteiger partial charge in [0.25, 0.3) is 0 Å². The third kappa shape index (κ3) is 4.94. The number of hydrogen-bond acceptors (Lipinski definition) is 5. The summed E-state index contributed by atoms with van der Waals surface area (Å²) in [5, 5.41) is 2.80. The minimum Gasteiger partial charge on any atom is -0.444 e. The van der Waals surface area contributed by atoms with Gasteiger partial charge in [0.15, 0.2) is 0 Å². The molecule has 0 saturated carbocycles. The second-order valence-electron chi connectivity index (χ2n) is 6.74.